The first-order valence-corrected chi connectivity index (χ1v) is 12.2. The quantitative estimate of drug-likeness (QED) is 0.262. The van der Waals surface area contributed by atoms with Crippen LogP contribution in [0.15, 0.2) is 128 Å². The molecular formula is C31H23N5O. The van der Waals surface area contributed by atoms with E-state index in [9.17, 15) is 0 Å². The first-order valence-electron chi connectivity index (χ1n) is 12.2. The van der Waals surface area contributed by atoms with Gasteiger partial charge in [-0.25, -0.2) is 4.98 Å². The van der Waals surface area contributed by atoms with E-state index in [0.29, 0.717) is 0 Å². The lowest BCUT2D eigenvalue weighted by Crippen LogP contribution is -2.24. The van der Waals surface area contributed by atoms with Gasteiger partial charge in [-0.1, -0.05) is 42.5 Å². The van der Waals surface area contributed by atoms with E-state index in [4.69, 9.17) is 4.74 Å². The number of hydrogen-bond acceptors (Lipinski definition) is 5. The molecule has 37 heavy (non-hydrogen) atoms. The van der Waals surface area contributed by atoms with Crippen LogP contribution in [0.3, 0.4) is 0 Å². The molecule has 0 amide bonds. The van der Waals surface area contributed by atoms with Gasteiger partial charge in [0.25, 0.3) is 0 Å². The molecule has 0 unspecified atom stereocenters. The number of rotatable bonds is 5. The van der Waals surface area contributed by atoms with Crippen molar-refractivity contribution in [2.24, 2.45) is 0 Å². The van der Waals surface area contributed by atoms with Crippen LogP contribution in [0.25, 0.3) is 27.6 Å². The van der Waals surface area contributed by atoms with Crippen LogP contribution in [0, 0.1) is 0 Å². The van der Waals surface area contributed by atoms with E-state index in [0.717, 1.165) is 46.1 Å². The van der Waals surface area contributed by atoms with E-state index in [1.165, 1.54) is 11.1 Å². The second-order valence-corrected chi connectivity index (χ2v) is 8.91. The molecule has 4 aromatic carbocycles. The second kappa shape index (κ2) is 8.84. The Hall–Kier alpha value is -5.10. The smallest absolute Gasteiger partial charge is 0.156 e. The van der Waals surface area contributed by atoms with E-state index in [2.05, 4.69) is 103 Å². The van der Waals surface area contributed by atoms with Gasteiger partial charge in [0.05, 0.1) is 23.9 Å². The predicted molar refractivity (Wildman–Crippen MR) is 148 cm³/mol. The maximum absolute atomic E-state index is 6.37. The zero-order valence-corrected chi connectivity index (χ0v) is 20.0. The standard InChI is InChI=1S/C31H23N5O/c1-2-7-23(8-3-1)34-17-18-35(22-34)24-9-6-10-25(19-24)37-26-13-14-28-27-11-4-5-12-29(27)36(30(28)20-26)31-21-32-15-16-33-31/h1-21H,22H2. The minimum absolute atomic E-state index is 0.748. The van der Waals surface area contributed by atoms with E-state index >= 15 is 0 Å². The predicted octanol–water partition coefficient (Wildman–Crippen LogP) is 7.12. The van der Waals surface area contributed by atoms with Crippen molar-refractivity contribution < 1.29 is 4.74 Å². The van der Waals surface area contributed by atoms with E-state index in [1.54, 1.807) is 18.6 Å². The summed E-state index contributed by atoms with van der Waals surface area (Å²) in [5.74, 6) is 2.32. The third kappa shape index (κ3) is 3.85. The summed E-state index contributed by atoms with van der Waals surface area (Å²) in [5, 5.41) is 2.31. The lowest BCUT2D eigenvalue weighted by molar-refractivity contribution is 0.483. The van der Waals surface area contributed by atoms with Crippen molar-refractivity contribution in [2.75, 3.05) is 16.5 Å². The number of hydrogen-bond donors (Lipinski definition) is 0. The van der Waals surface area contributed by atoms with Crippen molar-refractivity contribution in [3.8, 4) is 17.3 Å². The number of aromatic nitrogens is 3. The van der Waals surface area contributed by atoms with E-state index < -0.39 is 0 Å². The van der Waals surface area contributed by atoms with Crippen molar-refractivity contribution in [2.45, 2.75) is 0 Å². The van der Waals surface area contributed by atoms with Gasteiger partial charge in [-0.2, -0.15) is 0 Å². The van der Waals surface area contributed by atoms with Crippen LogP contribution in [0.4, 0.5) is 11.4 Å². The molecule has 0 saturated heterocycles. The lowest BCUT2D eigenvalue weighted by atomic mass is 10.1. The highest BCUT2D eigenvalue weighted by atomic mass is 16.5. The Kier molecular flexibility index (Phi) is 5.07. The van der Waals surface area contributed by atoms with E-state index in [-0.39, 0.29) is 0 Å². The molecule has 6 nitrogen and oxygen atoms in total. The van der Waals surface area contributed by atoms with Crippen molar-refractivity contribution >= 4 is 33.2 Å². The van der Waals surface area contributed by atoms with Crippen LogP contribution in [-0.2, 0) is 0 Å². The van der Waals surface area contributed by atoms with Gasteiger partial charge in [0.2, 0.25) is 0 Å². The fourth-order valence-corrected chi connectivity index (χ4v) is 4.90. The highest BCUT2D eigenvalue weighted by Crippen LogP contribution is 2.35. The summed E-state index contributed by atoms with van der Waals surface area (Å²) in [5.41, 5.74) is 4.35. The summed E-state index contributed by atoms with van der Waals surface area (Å²) in [6, 6.07) is 33.1. The number of anilines is 2. The minimum atomic E-state index is 0.748. The molecule has 1 aliphatic rings. The van der Waals surface area contributed by atoms with Crippen molar-refractivity contribution in [1.82, 2.24) is 14.5 Å². The van der Waals surface area contributed by atoms with Crippen LogP contribution >= 0.6 is 0 Å². The molecule has 2 aromatic heterocycles. The zero-order chi connectivity index (χ0) is 24.6. The van der Waals surface area contributed by atoms with Gasteiger partial charge in [0.15, 0.2) is 5.82 Å². The molecule has 7 rings (SSSR count). The molecule has 0 bridgehead atoms. The molecule has 6 aromatic rings. The number of nitrogens with zero attached hydrogens (tertiary/aromatic N) is 5. The highest BCUT2D eigenvalue weighted by molar-refractivity contribution is 6.09. The van der Waals surface area contributed by atoms with Gasteiger partial charge in [-0.15, -0.1) is 0 Å². The highest BCUT2D eigenvalue weighted by Gasteiger charge is 2.17. The summed E-state index contributed by atoms with van der Waals surface area (Å²) in [6.07, 6.45) is 9.38. The first kappa shape index (κ1) is 21.2. The molecule has 0 aliphatic carbocycles. The Labute approximate surface area is 214 Å². The lowest BCUT2D eigenvalue weighted by Gasteiger charge is -2.22. The number of fused-ring (bicyclic) bond motifs is 3. The van der Waals surface area contributed by atoms with Crippen LogP contribution < -0.4 is 14.5 Å². The summed E-state index contributed by atoms with van der Waals surface area (Å²) in [7, 11) is 0. The molecular weight excluding hydrogens is 458 g/mol. The molecule has 6 heteroatoms. The Balaban J connectivity index is 1.21. The maximum atomic E-state index is 6.37. The Morgan fingerprint density at radius 1 is 0.622 bits per heavy atom. The average molecular weight is 482 g/mol. The molecule has 0 radical (unpaired) electrons. The van der Waals surface area contributed by atoms with Crippen LogP contribution in [0.2, 0.25) is 0 Å². The summed E-state index contributed by atoms with van der Waals surface area (Å²) < 4.78 is 8.50. The number of benzene rings is 4. The third-order valence-corrected chi connectivity index (χ3v) is 6.63. The van der Waals surface area contributed by atoms with Crippen LogP contribution in [0.1, 0.15) is 0 Å². The average Bonchev–Trinajstić information content (AvgIpc) is 3.58. The largest absolute Gasteiger partial charge is 0.457 e. The molecule has 0 saturated carbocycles. The van der Waals surface area contributed by atoms with E-state index in [1.807, 2.05) is 30.3 Å². The summed E-state index contributed by atoms with van der Waals surface area (Å²) in [6.45, 7) is 0.748. The minimum Gasteiger partial charge on any atom is -0.457 e. The van der Waals surface area contributed by atoms with Gasteiger partial charge >= 0.3 is 0 Å². The maximum Gasteiger partial charge on any atom is 0.156 e. The van der Waals surface area contributed by atoms with Crippen LogP contribution in [0.5, 0.6) is 11.5 Å². The fourth-order valence-electron chi connectivity index (χ4n) is 4.90. The molecule has 178 valence electrons. The van der Waals surface area contributed by atoms with Gasteiger partial charge in [0.1, 0.15) is 11.5 Å². The normalized spacial score (nSPS) is 13.1. The van der Waals surface area contributed by atoms with Gasteiger partial charge in [-0.3, -0.25) is 9.55 Å². The SMILES string of the molecule is C1=CN(c2cccc(Oc3ccc4c5ccccc5n(-c5cnccn5)c4c3)c2)CN1c1ccccc1. The molecule has 0 atom stereocenters. The first-order chi connectivity index (χ1) is 18.3. The topological polar surface area (TPSA) is 46.4 Å². The Morgan fingerprint density at radius 3 is 2.24 bits per heavy atom. The fraction of sp³-hybridized carbons (Fsp3) is 0.0323. The summed E-state index contributed by atoms with van der Waals surface area (Å²) in [4.78, 5) is 13.3. The Morgan fingerprint density at radius 2 is 1.38 bits per heavy atom. The number of para-hydroxylation sites is 2. The molecule has 0 fully saturated rings. The van der Waals surface area contributed by atoms with Crippen molar-refractivity contribution in [3.05, 3.63) is 128 Å². The van der Waals surface area contributed by atoms with Crippen LogP contribution in [-0.4, -0.2) is 21.2 Å². The monoisotopic (exact) mass is 481 g/mol. The molecule has 3 heterocycles. The van der Waals surface area contributed by atoms with Crippen molar-refractivity contribution in [3.63, 3.8) is 0 Å². The molecule has 0 spiro atoms. The van der Waals surface area contributed by atoms with Gasteiger partial charge in [0, 0.05) is 59.1 Å². The number of ether oxygens (including phenoxy) is 1. The van der Waals surface area contributed by atoms with Crippen molar-refractivity contribution in [1.29, 1.82) is 0 Å². The third-order valence-electron chi connectivity index (χ3n) is 6.63. The molecule has 1 aliphatic heterocycles. The van der Waals surface area contributed by atoms with Gasteiger partial charge < -0.3 is 14.5 Å². The zero-order valence-electron chi connectivity index (χ0n) is 20.0. The Bertz CT molecular complexity index is 1740. The second-order valence-electron chi connectivity index (χ2n) is 8.91. The summed E-state index contributed by atoms with van der Waals surface area (Å²) >= 11 is 0. The van der Waals surface area contributed by atoms with Gasteiger partial charge in [-0.05, 0) is 42.5 Å². The molecule has 0 N–H and O–H groups in total.